The number of hydrogen-bond donors (Lipinski definition) is 2. The van der Waals surface area contributed by atoms with Crippen molar-refractivity contribution in [2.45, 2.75) is 0 Å². The van der Waals surface area contributed by atoms with Crippen LogP contribution in [0, 0.1) is 0 Å². The highest BCUT2D eigenvalue weighted by Gasteiger charge is 2.11. The molecule has 0 saturated heterocycles. The Labute approximate surface area is 161 Å². The molecule has 136 valence electrons. The molecule has 6 nitrogen and oxygen atoms in total. The summed E-state index contributed by atoms with van der Waals surface area (Å²) in [4.78, 5) is 28.3. The molecule has 0 fully saturated rings. The molecule has 0 aliphatic heterocycles. The molecular weight excluding hydrogens is 366 g/mol. The minimum atomic E-state index is -0.473. The largest absolute Gasteiger partial charge is 0.465 e. The molecule has 0 aliphatic carbocycles. The first-order chi connectivity index (χ1) is 13.1. The van der Waals surface area contributed by atoms with Crippen LogP contribution in [0.5, 0.6) is 0 Å². The van der Waals surface area contributed by atoms with Crippen LogP contribution in [0.15, 0.2) is 66.9 Å². The van der Waals surface area contributed by atoms with E-state index in [4.69, 9.17) is 16.3 Å². The number of esters is 1. The number of carbonyl (C=O) groups is 2. The lowest BCUT2D eigenvalue weighted by atomic mass is 10.2. The molecule has 2 aromatic carbocycles. The molecule has 0 unspecified atom stereocenters. The van der Waals surface area contributed by atoms with Gasteiger partial charge in [-0.1, -0.05) is 29.8 Å². The number of benzene rings is 2. The molecule has 7 heteroatoms. The fourth-order valence-electron chi connectivity index (χ4n) is 2.37. The highest BCUT2D eigenvalue weighted by Crippen LogP contribution is 2.26. The van der Waals surface area contributed by atoms with Crippen LogP contribution in [-0.4, -0.2) is 24.0 Å². The first kappa shape index (κ1) is 18.4. The van der Waals surface area contributed by atoms with Crippen molar-refractivity contribution in [2.24, 2.45) is 0 Å². The molecule has 0 atom stereocenters. The Morgan fingerprint density at radius 1 is 1.00 bits per heavy atom. The van der Waals surface area contributed by atoms with E-state index in [-0.39, 0.29) is 5.91 Å². The summed E-state index contributed by atoms with van der Waals surface area (Å²) in [5.74, 6) is -0.320. The van der Waals surface area contributed by atoms with Gasteiger partial charge in [0.25, 0.3) is 5.91 Å². The molecule has 0 saturated carbocycles. The van der Waals surface area contributed by atoms with Gasteiger partial charge in [-0.2, -0.15) is 0 Å². The van der Waals surface area contributed by atoms with Crippen molar-refractivity contribution in [2.75, 3.05) is 17.7 Å². The lowest BCUT2D eigenvalue weighted by Gasteiger charge is -2.11. The Hall–Kier alpha value is -3.38. The van der Waals surface area contributed by atoms with E-state index in [2.05, 4.69) is 15.6 Å². The van der Waals surface area contributed by atoms with E-state index >= 15 is 0 Å². The van der Waals surface area contributed by atoms with Crippen LogP contribution in [0.25, 0.3) is 0 Å². The van der Waals surface area contributed by atoms with Crippen molar-refractivity contribution >= 4 is 40.7 Å². The van der Waals surface area contributed by atoms with Gasteiger partial charge >= 0.3 is 5.97 Å². The molecule has 1 heterocycles. The first-order valence-corrected chi connectivity index (χ1v) is 8.42. The third-order valence-electron chi connectivity index (χ3n) is 3.70. The number of rotatable bonds is 5. The van der Waals surface area contributed by atoms with E-state index in [1.54, 1.807) is 42.5 Å². The highest BCUT2D eigenvalue weighted by molar-refractivity contribution is 6.33. The van der Waals surface area contributed by atoms with E-state index in [1.807, 2.05) is 18.2 Å². The van der Waals surface area contributed by atoms with Crippen LogP contribution in [0.4, 0.5) is 17.2 Å². The summed E-state index contributed by atoms with van der Waals surface area (Å²) < 4.78 is 4.71. The lowest BCUT2D eigenvalue weighted by Crippen LogP contribution is -2.12. The van der Waals surface area contributed by atoms with Gasteiger partial charge in [0, 0.05) is 17.4 Å². The standard InChI is InChI=1S/C20H16ClN3O3/c1-27-20(26)14-7-8-16(21)17(11-14)24-18-12-13(9-10-22-18)19(25)23-15-5-3-2-4-6-15/h2-12H,1H3,(H,22,24)(H,23,25). The summed E-state index contributed by atoms with van der Waals surface area (Å²) in [6.45, 7) is 0. The van der Waals surface area contributed by atoms with Crippen LogP contribution in [0.2, 0.25) is 5.02 Å². The molecule has 1 amide bonds. The van der Waals surface area contributed by atoms with Gasteiger partial charge < -0.3 is 15.4 Å². The molecule has 3 aromatic rings. The SMILES string of the molecule is COC(=O)c1ccc(Cl)c(Nc2cc(C(=O)Nc3ccccc3)ccn2)c1. The van der Waals surface area contributed by atoms with Crippen LogP contribution >= 0.6 is 11.6 Å². The van der Waals surface area contributed by atoms with Gasteiger partial charge in [-0.15, -0.1) is 0 Å². The maximum atomic E-state index is 12.4. The van der Waals surface area contributed by atoms with Gasteiger partial charge in [0.1, 0.15) is 5.82 Å². The van der Waals surface area contributed by atoms with Gasteiger partial charge in [-0.05, 0) is 42.5 Å². The van der Waals surface area contributed by atoms with Crippen molar-refractivity contribution in [3.8, 4) is 0 Å². The maximum absolute atomic E-state index is 12.4. The number of ether oxygens (including phenoxy) is 1. The lowest BCUT2D eigenvalue weighted by molar-refractivity contribution is 0.0600. The third-order valence-corrected chi connectivity index (χ3v) is 4.03. The second-order valence-corrected chi connectivity index (χ2v) is 5.97. The molecule has 0 spiro atoms. The highest BCUT2D eigenvalue weighted by atomic mass is 35.5. The molecule has 0 aliphatic rings. The average molecular weight is 382 g/mol. The summed E-state index contributed by atoms with van der Waals surface area (Å²) in [5, 5.41) is 6.24. The van der Waals surface area contributed by atoms with Gasteiger partial charge in [-0.3, -0.25) is 4.79 Å². The maximum Gasteiger partial charge on any atom is 0.337 e. The summed E-state index contributed by atoms with van der Waals surface area (Å²) in [7, 11) is 1.31. The number of methoxy groups -OCH3 is 1. The number of halogens is 1. The number of nitrogens with zero attached hydrogens (tertiary/aromatic N) is 1. The smallest absolute Gasteiger partial charge is 0.337 e. The fraction of sp³-hybridized carbons (Fsp3) is 0.0500. The van der Waals surface area contributed by atoms with Gasteiger partial charge in [0.05, 0.1) is 23.4 Å². The zero-order chi connectivity index (χ0) is 19.2. The Morgan fingerprint density at radius 3 is 2.52 bits per heavy atom. The van der Waals surface area contributed by atoms with Crippen molar-refractivity contribution in [1.29, 1.82) is 0 Å². The van der Waals surface area contributed by atoms with Crippen LogP contribution in [0.1, 0.15) is 20.7 Å². The number of aromatic nitrogens is 1. The number of carbonyl (C=O) groups excluding carboxylic acids is 2. The number of pyridine rings is 1. The molecule has 0 radical (unpaired) electrons. The van der Waals surface area contributed by atoms with Gasteiger partial charge in [-0.25, -0.2) is 9.78 Å². The predicted octanol–water partition coefficient (Wildman–Crippen LogP) is 4.52. The van der Waals surface area contributed by atoms with E-state index < -0.39 is 5.97 Å². The first-order valence-electron chi connectivity index (χ1n) is 8.04. The number of anilines is 3. The van der Waals surface area contributed by atoms with Crippen molar-refractivity contribution < 1.29 is 14.3 Å². The van der Waals surface area contributed by atoms with Crippen molar-refractivity contribution in [1.82, 2.24) is 4.98 Å². The molecule has 27 heavy (non-hydrogen) atoms. The van der Waals surface area contributed by atoms with Gasteiger partial charge in [0.15, 0.2) is 0 Å². The van der Waals surface area contributed by atoms with Crippen molar-refractivity contribution in [3.05, 3.63) is 83.0 Å². The van der Waals surface area contributed by atoms with E-state index in [1.165, 1.54) is 13.3 Å². The minimum Gasteiger partial charge on any atom is -0.465 e. The summed E-state index contributed by atoms with van der Waals surface area (Å²) in [6, 6.07) is 17.1. The number of amides is 1. The second kappa shape index (κ2) is 8.33. The quantitative estimate of drug-likeness (QED) is 0.635. The normalized spacial score (nSPS) is 10.1. The van der Waals surface area contributed by atoms with E-state index in [0.717, 1.165) is 0 Å². The number of para-hydroxylation sites is 1. The van der Waals surface area contributed by atoms with Crippen LogP contribution < -0.4 is 10.6 Å². The monoisotopic (exact) mass is 381 g/mol. The number of nitrogens with one attached hydrogen (secondary N) is 2. The number of hydrogen-bond acceptors (Lipinski definition) is 5. The summed E-state index contributed by atoms with van der Waals surface area (Å²) >= 11 is 6.18. The minimum absolute atomic E-state index is 0.263. The van der Waals surface area contributed by atoms with Crippen molar-refractivity contribution in [3.63, 3.8) is 0 Å². The zero-order valence-corrected chi connectivity index (χ0v) is 15.2. The zero-order valence-electron chi connectivity index (χ0n) is 14.4. The Kier molecular flexibility index (Phi) is 5.68. The Bertz CT molecular complexity index is 977. The average Bonchev–Trinajstić information content (AvgIpc) is 2.70. The molecule has 3 rings (SSSR count). The second-order valence-electron chi connectivity index (χ2n) is 5.56. The Morgan fingerprint density at radius 2 is 1.78 bits per heavy atom. The Balaban J connectivity index is 1.80. The summed E-state index contributed by atoms with van der Waals surface area (Å²) in [6.07, 6.45) is 1.51. The van der Waals surface area contributed by atoms with Crippen LogP contribution in [0.3, 0.4) is 0 Å². The summed E-state index contributed by atoms with van der Waals surface area (Å²) in [5.41, 5.74) is 1.95. The van der Waals surface area contributed by atoms with E-state index in [0.29, 0.717) is 33.3 Å². The van der Waals surface area contributed by atoms with Crippen LogP contribution in [-0.2, 0) is 4.74 Å². The molecular formula is C20H16ClN3O3. The van der Waals surface area contributed by atoms with E-state index in [9.17, 15) is 9.59 Å². The topological polar surface area (TPSA) is 80.3 Å². The predicted molar refractivity (Wildman–Crippen MR) is 105 cm³/mol. The molecule has 0 bridgehead atoms. The van der Waals surface area contributed by atoms with Gasteiger partial charge in [0.2, 0.25) is 0 Å². The molecule has 1 aromatic heterocycles. The fourth-order valence-corrected chi connectivity index (χ4v) is 2.53. The third kappa shape index (κ3) is 4.62. The molecule has 2 N–H and O–H groups in total.